The van der Waals surface area contributed by atoms with Gasteiger partial charge in [0.05, 0.1) is 16.1 Å². The molecule has 3 aromatic rings. The Labute approximate surface area is 190 Å². The fourth-order valence-corrected chi connectivity index (χ4v) is 3.82. The Morgan fingerprint density at radius 3 is 2.47 bits per heavy atom. The van der Waals surface area contributed by atoms with Gasteiger partial charge in [-0.15, -0.1) is 0 Å². The molecule has 0 aliphatic carbocycles. The monoisotopic (exact) mass is 453 g/mol. The van der Waals surface area contributed by atoms with Crippen molar-refractivity contribution in [3.05, 3.63) is 92.4 Å². The minimum absolute atomic E-state index is 0.0650. The van der Waals surface area contributed by atoms with Gasteiger partial charge in [-0.1, -0.05) is 48.0 Å². The Morgan fingerprint density at radius 1 is 1.16 bits per heavy atom. The third-order valence-electron chi connectivity index (χ3n) is 5.31. The van der Waals surface area contributed by atoms with E-state index in [0.29, 0.717) is 16.7 Å². The van der Waals surface area contributed by atoms with Crippen molar-refractivity contribution in [3.8, 4) is 11.1 Å². The number of carbonyl (C=O) groups is 2. The van der Waals surface area contributed by atoms with Crippen LogP contribution in [0.25, 0.3) is 11.1 Å². The van der Waals surface area contributed by atoms with E-state index < -0.39 is 17.9 Å². The highest BCUT2D eigenvalue weighted by Crippen LogP contribution is 2.22. The van der Waals surface area contributed by atoms with Gasteiger partial charge in [0.2, 0.25) is 0 Å². The van der Waals surface area contributed by atoms with Crippen molar-refractivity contribution in [2.75, 3.05) is 0 Å². The minimum atomic E-state index is -1.17. The van der Waals surface area contributed by atoms with Gasteiger partial charge >= 0.3 is 5.97 Å². The molecule has 2 aromatic carbocycles. The van der Waals surface area contributed by atoms with E-state index in [1.165, 1.54) is 4.57 Å². The number of amides is 1. The molecule has 3 rings (SSSR count). The van der Waals surface area contributed by atoms with E-state index in [1.807, 2.05) is 13.0 Å². The molecule has 0 bridgehead atoms. The largest absolute Gasteiger partial charge is 0.480 e. The Hall–Kier alpha value is -3.42. The van der Waals surface area contributed by atoms with E-state index >= 15 is 0 Å². The van der Waals surface area contributed by atoms with Crippen LogP contribution in [0.5, 0.6) is 0 Å². The van der Waals surface area contributed by atoms with Crippen molar-refractivity contribution in [1.82, 2.24) is 9.88 Å². The van der Waals surface area contributed by atoms with Crippen molar-refractivity contribution in [3.63, 3.8) is 0 Å². The van der Waals surface area contributed by atoms with Gasteiger partial charge in [-0.05, 0) is 41.3 Å². The fraction of sp³-hybridized carbons (Fsp3) is 0.208. The average Bonchev–Trinajstić information content (AvgIpc) is 2.76. The number of aliphatic carboxylic acids is 1. The van der Waals surface area contributed by atoms with Gasteiger partial charge in [0.1, 0.15) is 6.04 Å². The van der Waals surface area contributed by atoms with Crippen LogP contribution in [-0.4, -0.2) is 27.6 Å². The number of pyridine rings is 1. The number of nitrogens with one attached hydrogen (secondary N) is 1. The molecule has 4 N–H and O–H groups in total. The quantitative estimate of drug-likeness (QED) is 0.509. The van der Waals surface area contributed by atoms with E-state index in [0.717, 1.165) is 11.1 Å². The number of benzene rings is 2. The van der Waals surface area contributed by atoms with Gasteiger partial charge in [-0.25, -0.2) is 4.79 Å². The number of hydrogen-bond acceptors (Lipinski definition) is 4. The number of nitrogens with two attached hydrogens (primary N) is 1. The number of aryl methyl sites for hydroxylation is 2. The summed E-state index contributed by atoms with van der Waals surface area (Å²) >= 11 is 6.15. The van der Waals surface area contributed by atoms with Gasteiger partial charge < -0.3 is 20.7 Å². The number of hydrogen-bond donors (Lipinski definition) is 3. The zero-order valence-electron chi connectivity index (χ0n) is 17.8. The summed E-state index contributed by atoms with van der Waals surface area (Å²) in [6, 6.07) is 12.7. The maximum atomic E-state index is 12.7. The number of carbonyl (C=O) groups excluding carboxylic acids is 1. The molecule has 32 heavy (non-hydrogen) atoms. The predicted molar refractivity (Wildman–Crippen MR) is 124 cm³/mol. The highest BCUT2D eigenvalue weighted by atomic mass is 35.5. The highest BCUT2D eigenvalue weighted by molar-refractivity contribution is 6.34. The van der Waals surface area contributed by atoms with Crippen LogP contribution in [0.2, 0.25) is 5.02 Å². The van der Waals surface area contributed by atoms with Crippen LogP contribution in [-0.2, 0) is 24.8 Å². The van der Waals surface area contributed by atoms with E-state index in [4.69, 9.17) is 17.3 Å². The summed E-state index contributed by atoms with van der Waals surface area (Å²) in [6.07, 6.45) is 1.78. The maximum absolute atomic E-state index is 12.7. The fourth-order valence-electron chi connectivity index (χ4n) is 3.54. The minimum Gasteiger partial charge on any atom is -0.480 e. The lowest BCUT2D eigenvalue weighted by molar-refractivity contribution is -0.139. The van der Waals surface area contributed by atoms with Crippen LogP contribution < -0.4 is 16.6 Å². The van der Waals surface area contributed by atoms with Crippen LogP contribution >= 0.6 is 11.6 Å². The Kier molecular flexibility index (Phi) is 7.12. The van der Waals surface area contributed by atoms with E-state index in [2.05, 4.69) is 5.32 Å². The zero-order valence-corrected chi connectivity index (χ0v) is 18.5. The second-order valence-corrected chi connectivity index (χ2v) is 7.94. The van der Waals surface area contributed by atoms with Crippen LogP contribution in [0.1, 0.15) is 27.0 Å². The van der Waals surface area contributed by atoms with Crippen molar-refractivity contribution in [1.29, 1.82) is 0 Å². The normalized spacial score (nSPS) is 11.8. The molecule has 0 aliphatic heterocycles. The lowest BCUT2D eigenvalue weighted by Gasteiger charge is -2.17. The summed E-state index contributed by atoms with van der Waals surface area (Å²) in [5, 5.41) is 12.4. The zero-order chi connectivity index (χ0) is 23.4. The van der Waals surface area contributed by atoms with Crippen molar-refractivity contribution >= 4 is 23.5 Å². The van der Waals surface area contributed by atoms with Gasteiger partial charge in [-0.2, -0.15) is 0 Å². The summed E-state index contributed by atoms with van der Waals surface area (Å²) in [6.45, 7) is 1.96. The van der Waals surface area contributed by atoms with Crippen LogP contribution in [0.15, 0.2) is 59.5 Å². The lowest BCUT2D eigenvalue weighted by Crippen LogP contribution is -2.42. The molecule has 166 valence electrons. The van der Waals surface area contributed by atoms with Crippen molar-refractivity contribution in [2.45, 2.75) is 25.9 Å². The summed E-state index contributed by atoms with van der Waals surface area (Å²) in [5.74, 6) is -1.76. The number of carboxylic acid groups (broad SMARTS) is 1. The first-order valence-electron chi connectivity index (χ1n) is 9.99. The van der Waals surface area contributed by atoms with Crippen molar-refractivity contribution in [2.24, 2.45) is 12.8 Å². The van der Waals surface area contributed by atoms with E-state index in [-0.39, 0.29) is 29.1 Å². The van der Waals surface area contributed by atoms with Crippen LogP contribution in [0.3, 0.4) is 0 Å². The number of aromatic nitrogens is 1. The highest BCUT2D eigenvalue weighted by Gasteiger charge is 2.24. The summed E-state index contributed by atoms with van der Waals surface area (Å²) in [5.41, 5.74) is 9.17. The molecule has 1 amide bonds. The van der Waals surface area contributed by atoms with Crippen molar-refractivity contribution < 1.29 is 14.7 Å². The summed E-state index contributed by atoms with van der Waals surface area (Å²) in [4.78, 5) is 37.0. The first-order chi connectivity index (χ1) is 15.2. The second kappa shape index (κ2) is 9.80. The molecule has 0 radical (unpaired) electrons. The van der Waals surface area contributed by atoms with Crippen LogP contribution in [0, 0.1) is 6.92 Å². The first kappa shape index (κ1) is 23.2. The standard InChI is InChI=1S/C24H24ClN3O4/c1-14-10-11-28(2)23(30)20(14)16-8-6-15(7-9-16)12-19(24(31)32)27-22(29)21-17(13-26)4-3-5-18(21)25/h3-11,19H,12-13,26H2,1-2H3,(H,27,29)(H,31,32)/t19-/m0/s1. The third kappa shape index (κ3) is 4.90. The third-order valence-corrected chi connectivity index (χ3v) is 5.62. The molecule has 0 spiro atoms. The molecule has 1 aromatic heterocycles. The molecule has 0 saturated carbocycles. The van der Waals surface area contributed by atoms with E-state index in [9.17, 15) is 19.5 Å². The molecule has 1 atom stereocenters. The van der Waals surface area contributed by atoms with Gasteiger partial charge in [-0.3, -0.25) is 9.59 Å². The lowest BCUT2D eigenvalue weighted by atomic mass is 9.98. The number of carboxylic acids is 1. The first-order valence-corrected chi connectivity index (χ1v) is 10.4. The van der Waals surface area contributed by atoms with Gasteiger partial charge in [0, 0.05) is 26.2 Å². The molecule has 8 heteroatoms. The molecule has 1 heterocycles. The smallest absolute Gasteiger partial charge is 0.326 e. The molecule has 7 nitrogen and oxygen atoms in total. The Bertz CT molecular complexity index is 1220. The second-order valence-electron chi connectivity index (χ2n) is 7.53. The molecular weight excluding hydrogens is 430 g/mol. The molecule has 0 saturated heterocycles. The number of rotatable bonds is 7. The Morgan fingerprint density at radius 2 is 1.84 bits per heavy atom. The van der Waals surface area contributed by atoms with Gasteiger partial charge in [0.15, 0.2) is 0 Å². The molecule has 0 unspecified atom stereocenters. The molecule has 0 aliphatic rings. The van der Waals surface area contributed by atoms with E-state index in [1.54, 1.807) is 55.7 Å². The topological polar surface area (TPSA) is 114 Å². The molecule has 0 fully saturated rings. The number of halogens is 1. The number of nitrogens with zero attached hydrogens (tertiary/aromatic N) is 1. The summed E-state index contributed by atoms with van der Waals surface area (Å²) in [7, 11) is 1.69. The van der Waals surface area contributed by atoms with Gasteiger partial charge in [0.25, 0.3) is 11.5 Å². The predicted octanol–water partition coefficient (Wildman–Crippen LogP) is 2.90. The maximum Gasteiger partial charge on any atom is 0.326 e. The molecular formula is C24H24ClN3O4. The Balaban J connectivity index is 1.82. The SMILES string of the molecule is Cc1ccn(C)c(=O)c1-c1ccc(C[C@H](NC(=O)c2c(Cl)cccc2CN)C(=O)O)cc1. The average molecular weight is 454 g/mol. The summed E-state index contributed by atoms with van der Waals surface area (Å²) < 4.78 is 1.51. The van der Waals surface area contributed by atoms with Crippen LogP contribution in [0.4, 0.5) is 0 Å².